The van der Waals surface area contributed by atoms with Gasteiger partial charge in [0.2, 0.25) is 0 Å². The van der Waals surface area contributed by atoms with Crippen LogP contribution in [-0.4, -0.2) is 7.11 Å². The van der Waals surface area contributed by atoms with Crippen LogP contribution in [0.2, 0.25) is 5.02 Å². The maximum absolute atomic E-state index is 6.39. The SMILES string of the molecule is COc1ccc(Br)cc1C(Br)c1cccc(C)c1Cl. The Labute approximate surface area is 135 Å². The number of alkyl halides is 1. The third kappa shape index (κ3) is 3.15. The summed E-state index contributed by atoms with van der Waals surface area (Å²) in [7, 11) is 1.67. The lowest BCUT2D eigenvalue weighted by atomic mass is 10.0. The van der Waals surface area contributed by atoms with Crippen molar-refractivity contribution < 1.29 is 4.74 Å². The van der Waals surface area contributed by atoms with E-state index < -0.39 is 0 Å². The smallest absolute Gasteiger partial charge is 0.123 e. The Kier molecular flexibility index (Phi) is 4.93. The number of rotatable bonds is 3. The van der Waals surface area contributed by atoms with Gasteiger partial charge in [0.15, 0.2) is 0 Å². The molecule has 1 nitrogen and oxygen atoms in total. The van der Waals surface area contributed by atoms with Gasteiger partial charge in [-0.15, -0.1) is 0 Å². The average molecular weight is 405 g/mol. The van der Waals surface area contributed by atoms with Gasteiger partial charge in [0.05, 0.1) is 11.9 Å². The Balaban J connectivity index is 2.52. The van der Waals surface area contributed by atoms with Crippen molar-refractivity contribution in [3.8, 4) is 5.75 Å². The molecule has 0 aliphatic rings. The number of halogens is 3. The normalized spacial score (nSPS) is 12.3. The van der Waals surface area contributed by atoms with Gasteiger partial charge in [0, 0.05) is 15.1 Å². The zero-order valence-electron chi connectivity index (χ0n) is 10.6. The molecule has 0 heterocycles. The Morgan fingerprint density at radius 1 is 1.16 bits per heavy atom. The van der Waals surface area contributed by atoms with Crippen LogP contribution in [0, 0.1) is 6.92 Å². The fourth-order valence-corrected chi connectivity index (χ4v) is 3.42. The Bertz CT molecular complexity index is 599. The van der Waals surface area contributed by atoms with Crippen molar-refractivity contribution in [1.82, 2.24) is 0 Å². The Morgan fingerprint density at radius 3 is 2.58 bits per heavy atom. The summed E-state index contributed by atoms with van der Waals surface area (Å²) in [6.07, 6.45) is 0. The first-order chi connectivity index (χ1) is 9.04. The predicted molar refractivity (Wildman–Crippen MR) is 87.7 cm³/mol. The second kappa shape index (κ2) is 6.29. The van der Waals surface area contributed by atoms with Crippen molar-refractivity contribution in [2.75, 3.05) is 7.11 Å². The highest BCUT2D eigenvalue weighted by atomic mass is 79.9. The summed E-state index contributed by atoms with van der Waals surface area (Å²) >= 11 is 13.6. The third-order valence-corrected chi connectivity index (χ3v) is 4.96. The molecule has 2 aromatic carbocycles. The fourth-order valence-electron chi connectivity index (χ4n) is 1.94. The number of aryl methyl sites for hydroxylation is 1. The van der Waals surface area contributed by atoms with Crippen LogP contribution in [0.5, 0.6) is 5.75 Å². The van der Waals surface area contributed by atoms with Gasteiger partial charge in [-0.25, -0.2) is 0 Å². The van der Waals surface area contributed by atoms with Crippen LogP contribution in [0.1, 0.15) is 21.5 Å². The second-order valence-electron chi connectivity index (χ2n) is 4.23. The van der Waals surface area contributed by atoms with Gasteiger partial charge in [0.25, 0.3) is 0 Å². The van der Waals surface area contributed by atoms with Crippen LogP contribution in [0.25, 0.3) is 0 Å². The van der Waals surface area contributed by atoms with Gasteiger partial charge in [0.1, 0.15) is 5.75 Å². The van der Waals surface area contributed by atoms with Gasteiger partial charge >= 0.3 is 0 Å². The molecule has 0 aliphatic carbocycles. The molecule has 100 valence electrons. The minimum absolute atomic E-state index is 0.00708. The van der Waals surface area contributed by atoms with Gasteiger partial charge in [-0.3, -0.25) is 0 Å². The molecule has 2 aromatic rings. The van der Waals surface area contributed by atoms with E-state index in [1.807, 2.05) is 43.3 Å². The minimum atomic E-state index is -0.00708. The number of hydrogen-bond donors (Lipinski definition) is 0. The van der Waals surface area contributed by atoms with Crippen molar-refractivity contribution in [3.05, 3.63) is 62.6 Å². The van der Waals surface area contributed by atoms with Gasteiger partial charge in [-0.2, -0.15) is 0 Å². The first kappa shape index (κ1) is 14.9. The maximum Gasteiger partial charge on any atom is 0.123 e. The Hall–Kier alpha value is -0.510. The second-order valence-corrected chi connectivity index (χ2v) is 6.44. The number of ether oxygens (including phenoxy) is 1. The highest BCUT2D eigenvalue weighted by Crippen LogP contribution is 2.41. The predicted octanol–water partition coefficient (Wildman–Crippen LogP) is 5.90. The van der Waals surface area contributed by atoms with Crippen LogP contribution in [-0.2, 0) is 0 Å². The first-order valence-corrected chi connectivity index (χ1v) is 7.85. The molecular weight excluding hydrogens is 391 g/mol. The summed E-state index contributed by atoms with van der Waals surface area (Å²) in [5, 5.41) is 0.784. The van der Waals surface area contributed by atoms with E-state index >= 15 is 0 Å². The van der Waals surface area contributed by atoms with Gasteiger partial charge in [-0.1, -0.05) is 61.7 Å². The third-order valence-electron chi connectivity index (χ3n) is 2.96. The monoisotopic (exact) mass is 402 g/mol. The molecule has 0 aromatic heterocycles. The summed E-state index contributed by atoms with van der Waals surface area (Å²) in [6.45, 7) is 2.00. The molecule has 0 radical (unpaired) electrons. The van der Waals surface area contributed by atoms with Crippen LogP contribution in [0.3, 0.4) is 0 Å². The topological polar surface area (TPSA) is 9.23 Å². The van der Waals surface area contributed by atoms with Gasteiger partial charge < -0.3 is 4.74 Å². The van der Waals surface area contributed by atoms with E-state index in [-0.39, 0.29) is 4.83 Å². The molecular formula is C15H13Br2ClO. The maximum atomic E-state index is 6.39. The van der Waals surface area contributed by atoms with Crippen molar-refractivity contribution in [2.24, 2.45) is 0 Å². The molecule has 1 atom stereocenters. The van der Waals surface area contributed by atoms with E-state index in [1.165, 1.54) is 0 Å². The van der Waals surface area contributed by atoms with Crippen molar-refractivity contribution in [2.45, 2.75) is 11.8 Å². The molecule has 0 saturated carbocycles. The molecule has 19 heavy (non-hydrogen) atoms. The van der Waals surface area contributed by atoms with Crippen LogP contribution >= 0.6 is 43.5 Å². The molecule has 0 fully saturated rings. The average Bonchev–Trinajstić information content (AvgIpc) is 2.41. The molecule has 0 amide bonds. The van der Waals surface area contributed by atoms with Crippen LogP contribution in [0.4, 0.5) is 0 Å². The van der Waals surface area contributed by atoms with E-state index in [0.717, 1.165) is 31.9 Å². The molecule has 4 heteroatoms. The summed E-state index contributed by atoms with van der Waals surface area (Å²) in [5.74, 6) is 0.836. The first-order valence-electron chi connectivity index (χ1n) is 5.77. The standard InChI is InChI=1S/C15H13Br2ClO/c1-9-4-3-5-11(15(9)18)14(17)12-8-10(16)6-7-13(12)19-2/h3-8,14H,1-2H3. The van der Waals surface area contributed by atoms with E-state index in [2.05, 4.69) is 31.9 Å². The molecule has 1 unspecified atom stereocenters. The molecule has 0 spiro atoms. The van der Waals surface area contributed by atoms with E-state index in [1.54, 1.807) is 7.11 Å². The lowest BCUT2D eigenvalue weighted by Crippen LogP contribution is -1.98. The minimum Gasteiger partial charge on any atom is -0.496 e. The van der Waals surface area contributed by atoms with Crippen molar-refractivity contribution >= 4 is 43.5 Å². The van der Waals surface area contributed by atoms with E-state index in [9.17, 15) is 0 Å². The Morgan fingerprint density at radius 2 is 1.89 bits per heavy atom. The molecule has 0 N–H and O–H groups in total. The zero-order chi connectivity index (χ0) is 14.0. The number of benzene rings is 2. The summed E-state index contributed by atoms with van der Waals surface area (Å²) < 4.78 is 6.43. The molecule has 2 rings (SSSR count). The molecule has 0 bridgehead atoms. The van der Waals surface area contributed by atoms with Crippen LogP contribution in [0.15, 0.2) is 40.9 Å². The molecule has 0 aliphatic heterocycles. The van der Waals surface area contributed by atoms with E-state index in [0.29, 0.717) is 0 Å². The number of hydrogen-bond acceptors (Lipinski definition) is 1. The fraction of sp³-hybridized carbons (Fsp3) is 0.200. The lowest BCUT2D eigenvalue weighted by Gasteiger charge is -2.17. The van der Waals surface area contributed by atoms with E-state index in [4.69, 9.17) is 16.3 Å². The highest BCUT2D eigenvalue weighted by molar-refractivity contribution is 9.10. The van der Waals surface area contributed by atoms with Gasteiger partial charge in [-0.05, 0) is 36.2 Å². The molecule has 0 saturated heterocycles. The lowest BCUT2D eigenvalue weighted by molar-refractivity contribution is 0.410. The van der Waals surface area contributed by atoms with Crippen molar-refractivity contribution in [3.63, 3.8) is 0 Å². The van der Waals surface area contributed by atoms with Crippen molar-refractivity contribution in [1.29, 1.82) is 0 Å². The summed E-state index contributed by atoms with van der Waals surface area (Å²) in [6, 6.07) is 12.0. The van der Waals surface area contributed by atoms with Crippen LogP contribution < -0.4 is 4.74 Å². The summed E-state index contributed by atoms with van der Waals surface area (Å²) in [4.78, 5) is -0.00708. The number of methoxy groups -OCH3 is 1. The highest BCUT2D eigenvalue weighted by Gasteiger charge is 2.18. The largest absolute Gasteiger partial charge is 0.496 e. The quantitative estimate of drug-likeness (QED) is 0.579. The summed E-state index contributed by atoms with van der Waals surface area (Å²) in [5.41, 5.74) is 3.15. The zero-order valence-corrected chi connectivity index (χ0v) is 14.5.